The van der Waals surface area contributed by atoms with Crippen LogP contribution in [0.4, 0.5) is 0 Å². The van der Waals surface area contributed by atoms with Gasteiger partial charge in [0, 0.05) is 11.1 Å². The fourth-order valence-electron chi connectivity index (χ4n) is 0.675. The van der Waals surface area contributed by atoms with Gasteiger partial charge in [0.05, 0.1) is 6.20 Å². The number of allylic oxidation sites excluding steroid dienone is 1. The number of thiol groups is 1. The van der Waals surface area contributed by atoms with Crippen molar-refractivity contribution in [3.8, 4) is 0 Å². The minimum atomic E-state index is 0.784. The van der Waals surface area contributed by atoms with Crippen molar-refractivity contribution in [3.05, 3.63) is 36.7 Å². The molecular formula is C8H8NS. The summed E-state index contributed by atoms with van der Waals surface area (Å²) in [6.45, 7) is 3.62. The first kappa shape index (κ1) is 7.35. The molecule has 0 aliphatic rings. The lowest BCUT2D eigenvalue weighted by Gasteiger charge is -1.96. The highest BCUT2D eigenvalue weighted by atomic mass is 32.1. The first-order valence-electron chi connectivity index (χ1n) is 3.00. The van der Waals surface area contributed by atoms with Crippen LogP contribution in [0.1, 0.15) is 5.56 Å². The van der Waals surface area contributed by atoms with Gasteiger partial charge in [-0.25, -0.2) is 0 Å². The standard InChI is InChI=1S/C8H8NS/c1-2-3-7-6-9-5-4-8(7)10/h2,4-5H,1,3H2,(H,9,10). The molecule has 0 aliphatic carbocycles. The molecule has 0 amide bonds. The second kappa shape index (κ2) is 3.42. The van der Waals surface area contributed by atoms with E-state index in [2.05, 4.69) is 30.4 Å². The number of hydrogen-bond donors (Lipinski definition) is 1. The molecule has 1 heterocycles. The smallest absolute Gasteiger partial charge is 0.0935 e. The number of aromatic nitrogens is 1. The Kier molecular flexibility index (Phi) is 2.51. The second-order valence-electron chi connectivity index (χ2n) is 1.91. The van der Waals surface area contributed by atoms with Crippen molar-refractivity contribution >= 4 is 12.6 Å². The zero-order valence-electron chi connectivity index (χ0n) is 5.54. The van der Waals surface area contributed by atoms with Gasteiger partial charge in [0.15, 0.2) is 0 Å². The quantitative estimate of drug-likeness (QED) is 0.502. The van der Waals surface area contributed by atoms with Gasteiger partial charge in [-0.1, -0.05) is 6.08 Å². The lowest BCUT2D eigenvalue weighted by Crippen LogP contribution is -1.84. The first-order chi connectivity index (χ1) is 4.84. The Hall–Kier alpha value is -0.760. The van der Waals surface area contributed by atoms with E-state index in [-0.39, 0.29) is 0 Å². The van der Waals surface area contributed by atoms with Crippen LogP contribution in [0.25, 0.3) is 0 Å². The van der Waals surface area contributed by atoms with Gasteiger partial charge >= 0.3 is 0 Å². The van der Waals surface area contributed by atoms with E-state index in [1.54, 1.807) is 6.20 Å². The molecule has 0 bridgehead atoms. The van der Waals surface area contributed by atoms with Crippen molar-refractivity contribution in [1.82, 2.24) is 4.98 Å². The molecule has 1 nitrogen and oxygen atoms in total. The Morgan fingerprint density at radius 2 is 2.60 bits per heavy atom. The molecule has 0 fully saturated rings. The van der Waals surface area contributed by atoms with E-state index in [4.69, 9.17) is 0 Å². The SMILES string of the molecule is C=CCc1[c]nccc1S. The summed E-state index contributed by atoms with van der Waals surface area (Å²) in [5.74, 6) is 0. The summed E-state index contributed by atoms with van der Waals surface area (Å²) in [7, 11) is 0. The van der Waals surface area contributed by atoms with Crippen LogP contribution in [0.5, 0.6) is 0 Å². The number of hydrogen-bond acceptors (Lipinski definition) is 2. The largest absolute Gasteiger partial charge is 0.254 e. The molecule has 1 radical (unpaired) electrons. The van der Waals surface area contributed by atoms with Crippen LogP contribution in [0.2, 0.25) is 0 Å². The van der Waals surface area contributed by atoms with Crippen LogP contribution in [0, 0.1) is 6.20 Å². The van der Waals surface area contributed by atoms with Crippen molar-refractivity contribution < 1.29 is 0 Å². The van der Waals surface area contributed by atoms with Gasteiger partial charge in [0.25, 0.3) is 0 Å². The minimum Gasteiger partial charge on any atom is -0.254 e. The van der Waals surface area contributed by atoms with E-state index in [0.29, 0.717) is 0 Å². The molecule has 1 rings (SSSR count). The molecule has 0 N–H and O–H groups in total. The lowest BCUT2D eigenvalue weighted by atomic mass is 10.2. The lowest BCUT2D eigenvalue weighted by molar-refractivity contribution is 1.11. The molecular weight excluding hydrogens is 142 g/mol. The van der Waals surface area contributed by atoms with E-state index in [1.807, 2.05) is 12.1 Å². The summed E-state index contributed by atoms with van der Waals surface area (Å²) in [5.41, 5.74) is 1.00. The third-order valence-electron chi connectivity index (χ3n) is 1.16. The van der Waals surface area contributed by atoms with E-state index < -0.39 is 0 Å². The van der Waals surface area contributed by atoms with Crippen molar-refractivity contribution in [1.29, 1.82) is 0 Å². The van der Waals surface area contributed by atoms with Crippen LogP contribution in [-0.2, 0) is 6.42 Å². The van der Waals surface area contributed by atoms with Gasteiger partial charge in [0.2, 0.25) is 0 Å². The fourth-order valence-corrected chi connectivity index (χ4v) is 0.883. The highest BCUT2D eigenvalue weighted by Crippen LogP contribution is 2.10. The molecule has 10 heavy (non-hydrogen) atoms. The molecule has 0 atom stereocenters. The van der Waals surface area contributed by atoms with Crippen LogP contribution in [-0.4, -0.2) is 4.98 Å². The third kappa shape index (κ3) is 1.61. The van der Waals surface area contributed by atoms with Crippen LogP contribution in [0.3, 0.4) is 0 Å². The van der Waals surface area contributed by atoms with Crippen molar-refractivity contribution in [2.24, 2.45) is 0 Å². The Balaban J connectivity index is 2.91. The van der Waals surface area contributed by atoms with Gasteiger partial charge < -0.3 is 0 Å². The number of pyridine rings is 1. The van der Waals surface area contributed by atoms with Crippen molar-refractivity contribution in [3.63, 3.8) is 0 Å². The topological polar surface area (TPSA) is 12.9 Å². The normalized spacial score (nSPS) is 9.30. The van der Waals surface area contributed by atoms with Gasteiger partial charge in [0.1, 0.15) is 0 Å². The fraction of sp³-hybridized carbons (Fsp3) is 0.125. The van der Waals surface area contributed by atoms with E-state index >= 15 is 0 Å². The second-order valence-corrected chi connectivity index (χ2v) is 2.40. The van der Waals surface area contributed by atoms with Gasteiger partial charge in [-0.3, -0.25) is 4.98 Å². The molecule has 1 aromatic heterocycles. The average Bonchev–Trinajstić information content (AvgIpc) is 1.94. The van der Waals surface area contributed by atoms with Gasteiger partial charge in [-0.05, 0) is 18.1 Å². The monoisotopic (exact) mass is 150 g/mol. The Morgan fingerprint density at radius 3 is 3.20 bits per heavy atom. The highest BCUT2D eigenvalue weighted by molar-refractivity contribution is 7.80. The summed E-state index contributed by atoms with van der Waals surface area (Å²) >= 11 is 4.21. The average molecular weight is 150 g/mol. The van der Waals surface area contributed by atoms with E-state index in [9.17, 15) is 0 Å². The maximum absolute atomic E-state index is 4.21. The molecule has 0 saturated carbocycles. The number of rotatable bonds is 2. The molecule has 1 aromatic rings. The Labute approximate surface area is 66.2 Å². The molecule has 51 valence electrons. The maximum Gasteiger partial charge on any atom is 0.0935 e. The van der Waals surface area contributed by atoms with Gasteiger partial charge in [-0.15, -0.1) is 19.2 Å². The summed E-state index contributed by atoms with van der Waals surface area (Å²) < 4.78 is 0. The summed E-state index contributed by atoms with van der Waals surface area (Å²) in [5, 5.41) is 0. The van der Waals surface area contributed by atoms with Crippen molar-refractivity contribution in [2.75, 3.05) is 0 Å². The Morgan fingerprint density at radius 1 is 1.80 bits per heavy atom. The third-order valence-corrected chi connectivity index (χ3v) is 1.58. The zero-order valence-corrected chi connectivity index (χ0v) is 6.44. The van der Waals surface area contributed by atoms with E-state index in [1.165, 1.54) is 0 Å². The van der Waals surface area contributed by atoms with Crippen LogP contribution < -0.4 is 0 Å². The van der Waals surface area contributed by atoms with Crippen molar-refractivity contribution in [2.45, 2.75) is 11.3 Å². The first-order valence-corrected chi connectivity index (χ1v) is 3.44. The maximum atomic E-state index is 4.21. The van der Waals surface area contributed by atoms with Gasteiger partial charge in [-0.2, -0.15) is 0 Å². The molecule has 0 aromatic carbocycles. The zero-order chi connectivity index (χ0) is 7.40. The molecule has 0 aliphatic heterocycles. The van der Waals surface area contributed by atoms with E-state index in [0.717, 1.165) is 16.9 Å². The summed E-state index contributed by atoms with van der Waals surface area (Å²) in [4.78, 5) is 4.77. The summed E-state index contributed by atoms with van der Waals surface area (Å²) in [6.07, 6.45) is 7.11. The number of nitrogens with zero attached hydrogens (tertiary/aromatic N) is 1. The molecule has 2 heteroatoms. The van der Waals surface area contributed by atoms with Crippen LogP contribution >= 0.6 is 12.6 Å². The highest BCUT2D eigenvalue weighted by Gasteiger charge is 1.93. The Bertz CT molecular complexity index is 232. The molecule has 0 spiro atoms. The molecule has 0 saturated heterocycles. The van der Waals surface area contributed by atoms with Crippen LogP contribution in [0.15, 0.2) is 29.8 Å². The predicted octanol–water partition coefficient (Wildman–Crippen LogP) is 1.90. The predicted molar refractivity (Wildman–Crippen MR) is 44.2 cm³/mol. The minimum absolute atomic E-state index is 0.784. The summed E-state index contributed by atoms with van der Waals surface area (Å²) in [6, 6.07) is 1.85. The molecule has 0 unspecified atom stereocenters.